The van der Waals surface area contributed by atoms with Crippen LogP contribution in [0.15, 0.2) is 162 Å². The van der Waals surface area contributed by atoms with Crippen LogP contribution in [0.4, 0.5) is 17.1 Å². The highest BCUT2D eigenvalue weighted by molar-refractivity contribution is 6.09. The van der Waals surface area contributed by atoms with Crippen LogP contribution >= 0.6 is 0 Å². The number of anilines is 3. The van der Waals surface area contributed by atoms with E-state index >= 15 is 0 Å². The first kappa shape index (κ1) is 28.2. The Morgan fingerprint density at radius 3 is 1.67 bits per heavy atom. The van der Waals surface area contributed by atoms with Crippen molar-refractivity contribution >= 4 is 39.0 Å². The van der Waals surface area contributed by atoms with Crippen LogP contribution in [0, 0.1) is 0 Å². The lowest BCUT2D eigenvalue weighted by Crippen LogP contribution is -2.22. The van der Waals surface area contributed by atoms with Crippen molar-refractivity contribution in [2.24, 2.45) is 0 Å². The molecule has 0 bridgehead atoms. The summed E-state index contributed by atoms with van der Waals surface area (Å²) in [5.74, 6) is 0. The molecule has 8 aromatic rings. The first-order valence-corrected chi connectivity index (χ1v) is 17.2. The molecule has 0 unspecified atom stereocenters. The van der Waals surface area contributed by atoms with Gasteiger partial charge in [0, 0.05) is 38.7 Å². The smallest absolute Gasteiger partial charge is 0.135 e. The summed E-state index contributed by atoms with van der Waals surface area (Å²) in [4.78, 5) is 2.39. The molecule has 0 radical (unpaired) electrons. The maximum absolute atomic E-state index is 6.62. The number of fused-ring (bicyclic) bond motifs is 9. The second-order valence-electron chi connectivity index (χ2n) is 14.2. The molecule has 0 fully saturated rings. The average molecular weight is 630 g/mol. The van der Waals surface area contributed by atoms with E-state index in [1.54, 1.807) is 0 Å². The highest BCUT2D eigenvalue weighted by Crippen LogP contribution is 2.55. The monoisotopic (exact) mass is 629 g/mol. The molecule has 234 valence electrons. The Bertz CT molecular complexity index is 2560. The Labute approximate surface area is 286 Å². The van der Waals surface area contributed by atoms with E-state index in [2.05, 4.69) is 183 Å². The van der Waals surface area contributed by atoms with Crippen molar-refractivity contribution in [2.75, 3.05) is 4.90 Å². The van der Waals surface area contributed by atoms with E-state index in [-0.39, 0.29) is 10.8 Å². The van der Waals surface area contributed by atoms with Crippen molar-refractivity contribution in [3.63, 3.8) is 0 Å². The Hall–Kier alpha value is -5.86. The molecule has 2 aliphatic rings. The van der Waals surface area contributed by atoms with Gasteiger partial charge in [0.2, 0.25) is 0 Å². The van der Waals surface area contributed by atoms with Crippen LogP contribution in [0.3, 0.4) is 0 Å². The predicted molar refractivity (Wildman–Crippen MR) is 203 cm³/mol. The van der Waals surface area contributed by atoms with Crippen LogP contribution in [0.5, 0.6) is 0 Å². The highest BCUT2D eigenvalue weighted by atomic mass is 16.3. The average Bonchev–Trinajstić information content (AvgIpc) is 3.73. The van der Waals surface area contributed by atoms with Crippen molar-refractivity contribution in [3.05, 3.63) is 186 Å². The Morgan fingerprint density at radius 2 is 0.959 bits per heavy atom. The first-order chi connectivity index (χ1) is 23.9. The van der Waals surface area contributed by atoms with Crippen LogP contribution < -0.4 is 4.90 Å². The van der Waals surface area contributed by atoms with Crippen molar-refractivity contribution < 1.29 is 4.42 Å². The Morgan fingerprint density at radius 1 is 0.408 bits per heavy atom. The van der Waals surface area contributed by atoms with Crippen LogP contribution in [0.2, 0.25) is 0 Å². The summed E-state index contributed by atoms with van der Waals surface area (Å²) in [7, 11) is 0. The number of para-hydroxylation sites is 1. The molecule has 2 nitrogen and oxygen atoms in total. The van der Waals surface area contributed by atoms with E-state index in [4.69, 9.17) is 4.42 Å². The number of hydrogen-bond acceptors (Lipinski definition) is 2. The molecule has 0 saturated carbocycles. The van der Waals surface area contributed by atoms with Gasteiger partial charge in [-0.3, -0.25) is 0 Å². The number of nitrogens with zero attached hydrogens (tertiary/aromatic N) is 1. The van der Waals surface area contributed by atoms with E-state index in [0.29, 0.717) is 0 Å². The van der Waals surface area contributed by atoms with Crippen molar-refractivity contribution in [3.8, 4) is 22.3 Å². The van der Waals surface area contributed by atoms with Gasteiger partial charge in [0.25, 0.3) is 0 Å². The van der Waals surface area contributed by atoms with Gasteiger partial charge in [0.05, 0.1) is 0 Å². The predicted octanol–water partition coefficient (Wildman–Crippen LogP) is 12.7. The van der Waals surface area contributed by atoms with Gasteiger partial charge in [0.1, 0.15) is 11.2 Å². The zero-order chi connectivity index (χ0) is 32.9. The van der Waals surface area contributed by atoms with Gasteiger partial charge in [-0.1, -0.05) is 123 Å². The van der Waals surface area contributed by atoms with Crippen LogP contribution in [0.1, 0.15) is 48.6 Å². The van der Waals surface area contributed by atoms with Crippen LogP contribution in [-0.2, 0) is 10.8 Å². The number of furan rings is 1. The maximum Gasteiger partial charge on any atom is 0.135 e. The molecule has 0 N–H and O–H groups in total. The van der Waals surface area contributed by atoms with Crippen LogP contribution in [-0.4, -0.2) is 0 Å². The second kappa shape index (κ2) is 10.1. The molecular formula is C47H35NO. The third kappa shape index (κ3) is 3.83. The molecule has 0 spiro atoms. The first-order valence-electron chi connectivity index (χ1n) is 17.2. The third-order valence-corrected chi connectivity index (χ3v) is 11.3. The lowest BCUT2D eigenvalue weighted by molar-refractivity contribution is 0.660. The van der Waals surface area contributed by atoms with E-state index in [0.717, 1.165) is 33.6 Å². The molecular weight excluding hydrogens is 595 g/mol. The molecule has 2 aliphatic carbocycles. The normalized spacial score (nSPS) is 14.8. The maximum atomic E-state index is 6.62. The number of hydrogen-bond donors (Lipinski definition) is 0. The molecule has 1 heterocycles. The molecule has 10 rings (SSSR count). The van der Waals surface area contributed by atoms with E-state index in [1.807, 2.05) is 0 Å². The molecule has 0 amide bonds. The second-order valence-corrected chi connectivity index (χ2v) is 14.2. The minimum atomic E-state index is -0.334. The van der Waals surface area contributed by atoms with Crippen LogP contribution in [0.25, 0.3) is 44.2 Å². The Balaban J connectivity index is 1.20. The minimum Gasteiger partial charge on any atom is -0.456 e. The molecule has 0 aliphatic heterocycles. The highest BCUT2D eigenvalue weighted by Gasteiger charge is 2.42. The fourth-order valence-corrected chi connectivity index (χ4v) is 8.97. The van der Waals surface area contributed by atoms with Crippen molar-refractivity contribution in [1.29, 1.82) is 0 Å². The van der Waals surface area contributed by atoms with Gasteiger partial charge < -0.3 is 9.32 Å². The van der Waals surface area contributed by atoms with Crippen molar-refractivity contribution in [1.82, 2.24) is 0 Å². The summed E-state index contributed by atoms with van der Waals surface area (Å²) in [5, 5.41) is 2.30. The molecule has 49 heavy (non-hydrogen) atoms. The van der Waals surface area contributed by atoms with E-state index in [9.17, 15) is 0 Å². The SMILES string of the molecule is CC1(C)c2ccccc2-c2ccc(N(c3ccccc3)c3ccc4oc5cccc(C6(C)c7ccccc7-c7ccccc76)c5c4c3)cc21. The summed E-state index contributed by atoms with van der Waals surface area (Å²) in [6.45, 7) is 7.08. The summed E-state index contributed by atoms with van der Waals surface area (Å²) in [5.41, 5.74) is 16.7. The van der Waals surface area contributed by atoms with Gasteiger partial charge in [-0.05, 0) is 106 Å². The molecule has 2 heteroatoms. The van der Waals surface area contributed by atoms with Gasteiger partial charge in [-0.25, -0.2) is 0 Å². The summed E-state index contributed by atoms with van der Waals surface area (Å²) >= 11 is 0. The fourth-order valence-electron chi connectivity index (χ4n) is 8.97. The molecule has 0 saturated heterocycles. The lowest BCUT2D eigenvalue weighted by Gasteiger charge is -2.29. The largest absolute Gasteiger partial charge is 0.456 e. The topological polar surface area (TPSA) is 16.4 Å². The van der Waals surface area contributed by atoms with Gasteiger partial charge >= 0.3 is 0 Å². The van der Waals surface area contributed by atoms with Gasteiger partial charge in [-0.15, -0.1) is 0 Å². The fraction of sp³-hybridized carbons (Fsp3) is 0.106. The lowest BCUT2D eigenvalue weighted by atomic mass is 9.73. The molecule has 1 aromatic heterocycles. The van der Waals surface area contributed by atoms with Gasteiger partial charge in [0.15, 0.2) is 0 Å². The minimum absolute atomic E-state index is 0.0901. The zero-order valence-corrected chi connectivity index (χ0v) is 27.9. The van der Waals surface area contributed by atoms with E-state index < -0.39 is 0 Å². The summed E-state index contributed by atoms with van der Waals surface area (Å²) in [6.07, 6.45) is 0. The van der Waals surface area contributed by atoms with Crippen molar-refractivity contribution in [2.45, 2.75) is 31.6 Å². The zero-order valence-electron chi connectivity index (χ0n) is 27.9. The Kier molecular flexibility index (Phi) is 5.79. The van der Waals surface area contributed by atoms with E-state index in [1.165, 1.54) is 55.5 Å². The number of benzene rings is 7. The standard InChI is InChI=1S/C47H35NO/c1-46(2)38-19-10-7-16-33(38)36-26-24-32(29-42(36)46)48(30-14-5-4-6-15-30)31-25-27-43-37(28-31)45-41(22-13-23-44(45)49-43)47(3)39-20-11-8-17-34(39)35-18-9-12-21-40(35)47/h4-29H,1-3H3. The molecule has 0 atom stereocenters. The summed E-state index contributed by atoms with van der Waals surface area (Å²) in [6, 6.07) is 57.6. The molecule has 7 aromatic carbocycles. The number of rotatable bonds is 4. The van der Waals surface area contributed by atoms with Gasteiger partial charge in [-0.2, -0.15) is 0 Å². The third-order valence-electron chi connectivity index (χ3n) is 11.3. The summed E-state index contributed by atoms with van der Waals surface area (Å²) < 4.78 is 6.62. The quantitative estimate of drug-likeness (QED) is 0.193.